The van der Waals surface area contributed by atoms with Crippen molar-refractivity contribution < 1.29 is 9.59 Å². The maximum atomic E-state index is 11.4. The standard InChI is InChI=1S/C12H12N2O2/c1-8(15)14(9(2)16)11-4-3-10-5-6-13-12(10)7-11/h3-7,13H,1-2H3. The number of rotatable bonds is 1. The Labute approximate surface area is 92.9 Å². The lowest BCUT2D eigenvalue weighted by atomic mass is 10.2. The first-order chi connectivity index (χ1) is 7.59. The Morgan fingerprint density at radius 1 is 1.12 bits per heavy atom. The number of aromatic nitrogens is 1. The van der Waals surface area contributed by atoms with E-state index in [4.69, 9.17) is 0 Å². The average Bonchev–Trinajstić information content (AvgIpc) is 2.63. The van der Waals surface area contributed by atoms with Crippen molar-refractivity contribution in [2.45, 2.75) is 13.8 Å². The van der Waals surface area contributed by atoms with Crippen LogP contribution in [0, 0.1) is 0 Å². The fourth-order valence-corrected chi connectivity index (χ4v) is 1.76. The lowest BCUT2D eigenvalue weighted by Crippen LogP contribution is -2.32. The molecule has 1 heterocycles. The summed E-state index contributed by atoms with van der Waals surface area (Å²) in [4.78, 5) is 26.9. The quantitative estimate of drug-likeness (QED) is 0.793. The number of benzene rings is 1. The second-order valence-corrected chi connectivity index (χ2v) is 3.62. The molecule has 4 nitrogen and oxygen atoms in total. The van der Waals surface area contributed by atoms with Crippen molar-refractivity contribution in [1.29, 1.82) is 0 Å². The molecule has 0 aliphatic rings. The Hall–Kier alpha value is -2.10. The molecule has 16 heavy (non-hydrogen) atoms. The Morgan fingerprint density at radius 3 is 2.44 bits per heavy atom. The zero-order chi connectivity index (χ0) is 11.7. The summed E-state index contributed by atoms with van der Waals surface area (Å²) in [5.41, 5.74) is 1.50. The Balaban J connectivity index is 2.52. The van der Waals surface area contributed by atoms with Gasteiger partial charge in [0.2, 0.25) is 11.8 Å². The third-order valence-corrected chi connectivity index (χ3v) is 2.43. The number of aromatic amines is 1. The van der Waals surface area contributed by atoms with Crippen LogP contribution in [0.25, 0.3) is 10.9 Å². The number of nitrogens with one attached hydrogen (secondary N) is 1. The summed E-state index contributed by atoms with van der Waals surface area (Å²) in [5, 5.41) is 1.05. The van der Waals surface area contributed by atoms with Gasteiger partial charge in [0.1, 0.15) is 0 Å². The predicted molar refractivity (Wildman–Crippen MR) is 62.1 cm³/mol. The van der Waals surface area contributed by atoms with Gasteiger partial charge in [-0.25, -0.2) is 0 Å². The molecule has 4 heteroatoms. The molecule has 2 rings (SSSR count). The van der Waals surface area contributed by atoms with E-state index in [-0.39, 0.29) is 11.8 Å². The molecule has 0 aliphatic heterocycles. The van der Waals surface area contributed by atoms with Gasteiger partial charge in [-0.1, -0.05) is 6.07 Å². The largest absolute Gasteiger partial charge is 0.361 e. The molecular weight excluding hydrogens is 204 g/mol. The SMILES string of the molecule is CC(=O)N(C(C)=O)c1ccc2cc[nH]c2c1. The van der Waals surface area contributed by atoms with Gasteiger partial charge < -0.3 is 4.98 Å². The average molecular weight is 216 g/mol. The molecule has 1 N–H and O–H groups in total. The van der Waals surface area contributed by atoms with Gasteiger partial charge >= 0.3 is 0 Å². The first-order valence-electron chi connectivity index (χ1n) is 4.98. The summed E-state index contributed by atoms with van der Waals surface area (Å²) in [7, 11) is 0. The minimum absolute atomic E-state index is 0.279. The highest BCUT2D eigenvalue weighted by Crippen LogP contribution is 2.21. The van der Waals surface area contributed by atoms with Crippen LogP contribution in [0.2, 0.25) is 0 Å². The number of hydrogen-bond donors (Lipinski definition) is 1. The molecule has 0 saturated heterocycles. The van der Waals surface area contributed by atoms with Crippen molar-refractivity contribution in [3.8, 4) is 0 Å². The van der Waals surface area contributed by atoms with E-state index in [0.717, 1.165) is 15.8 Å². The van der Waals surface area contributed by atoms with Gasteiger partial charge in [-0.3, -0.25) is 14.5 Å². The van der Waals surface area contributed by atoms with Crippen molar-refractivity contribution in [2.24, 2.45) is 0 Å². The number of amides is 2. The molecule has 0 spiro atoms. The maximum Gasteiger partial charge on any atom is 0.230 e. The van der Waals surface area contributed by atoms with E-state index in [1.54, 1.807) is 12.1 Å². The number of fused-ring (bicyclic) bond motifs is 1. The number of anilines is 1. The zero-order valence-corrected chi connectivity index (χ0v) is 9.15. The topological polar surface area (TPSA) is 53.2 Å². The van der Waals surface area contributed by atoms with Gasteiger partial charge in [-0.05, 0) is 23.6 Å². The van der Waals surface area contributed by atoms with E-state index in [0.29, 0.717) is 5.69 Å². The fraction of sp³-hybridized carbons (Fsp3) is 0.167. The molecule has 0 bridgehead atoms. The van der Waals surface area contributed by atoms with Crippen LogP contribution in [-0.2, 0) is 9.59 Å². The molecule has 0 unspecified atom stereocenters. The lowest BCUT2D eigenvalue weighted by molar-refractivity contribution is -0.124. The Bertz CT molecular complexity index is 543. The van der Waals surface area contributed by atoms with E-state index >= 15 is 0 Å². The Morgan fingerprint density at radius 2 is 1.81 bits per heavy atom. The van der Waals surface area contributed by atoms with Crippen molar-refractivity contribution in [1.82, 2.24) is 4.98 Å². The monoisotopic (exact) mass is 216 g/mol. The third kappa shape index (κ3) is 1.69. The molecule has 0 aliphatic carbocycles. The van der Waals surface area contributed by atoms with E-state index < -0.39 is 0 Å². The van der Waals surface area contributed by atoms with Crippen molar-refractivity contribution >= 4 is 28.4 Å². The summed E-state index contributed by atoms with van der Waals surface area (Å²) in [6, 6.07) is 7.36. The summed E-state index contributed by atoms with van der Waals surface area (Å²) < 4.78 is 0. The second kappa shape index (κ2) is 3.81. The highest BCUT2D eigenvalue weighted by Gasteiger charge is 2.16. The van der Waals surface area contributed by atoms with Gasteiger partial charge in [-0.2, -0.15) is 0 Å². The predicted octanol–water partition coefficient (Wildman–Crippen LogP) is 2.07. The van der Waals surface area contributed by atoms with Gasteiger partial charge in [0.05, 0.1) is 5.69 Å². The molecule has 0 radical (unpaired) electrons. The highest BCUT2D eigenvalue weighted by atomic mass is 16.2. The number of hydrogen-bond acceptors (Lipinski definition) is 2. The van der Waals surface area contributed by atoms with Crippen LogP contribution in [0.3, 0.4) is 0 Å². The molecule has 0 atom stereocenters. The van der Waals surface area contributed by atoms with Gasteiger partial charge in [0, 0.05) is 25.6 Å². The summed E-state index contributed by atoms with van der Waals surface area (Å²) in [6.45, 7) is 2.75. The smallest absolute Gasteiger partial charge is 0.230 e. The van der Waals surface area contributed by atoms with E-state index in [1.807, 2.05) is 18.3 Å². The molecular formula is C12H12N2O2. The number of carbonyl (C=O) groups excluding carboxylic acids is 2. The van der Waals surface area contributed by atoms with Gasteiger partial charge in [0.25, 0.3) is 0 Å². The van der Waals surface area contributed by atoms with Gasteiger partial charge in [0.15, 0.2) is 0 Å². The molecule has 2 amide bonds. The first kappa shape index (κ1) is 10.4. The number of imide groups is 1. The van der Waals surface area contributed by atoms with E-state index in [2.05, 4.69) is 4.98 Å². The third-order valence-electron chi connectivity index (χ3n) is 2.43. The van der Waals surface area contributed by atoms with Crippen LogP contribution in [-0.4, -0.2) is 16.8 Å². The van der Waals surface area contributed by atoms with E-state index in [1.165, 1.54) is 13.8 Å². The first-order valence-corrected chi connectivity index (χ1v) is 4.98. The molecule has 82 valence electrons. The molecule has 0 saturated carbocycles. The van der Waals surface area contributed by atoms with Crippen LogP contribution in [0.1, 0.15) is 13.8 Å². The minimum Gasteiger partial charge on any atom is -0.361 e. The molecule has 1 aromatic carbocycles. The lowest BCUT2D eigenvalue weighted by Gasteiger charge is -2.16. The molecule has 0 fully saturated rings. The van der Waals surface area contributed by atoms with Crippen LogP contribution in [0.5, 0.6) is 0 Å². The van der Waals surface area contributed by atoms with Crippen molar-refractivity contribution in [3.05, 3.63) is 30.5 Å². The summed E-state index contributed by atoms with van der Waals surface area (Å²) in [5.74, 6) is -0.559. The molecule has 1 aromatic heterocycles. The van der Waals surface area contributed by atoms with Crippen molar-refractivity contribution in [2.75, 3.05) is 4.90 Å². The van der Waals surface area contributed by atoms with Crippen LogP contribution >= 0.6 is 0 Å². The van der Waals surface area contributed by atoms with Crippen LogP contribution < -0.4 is 4.90 Å². The summed E-state index contributed by atoms with van der Waals surface area (Å²) >= 11 is 0. The minimum atomic E-state index is -0.279. The van der Waals surface area contributed by atoms with Crippen LogP contribution in [0.15, 0.2) is 30.5 Å². The maximum absolute atomic E-state index is 11.4. The summed E-state index contributed by atoms with van der Waals surface area (Å²) in [6.07, 6.45) is 1.82. The second-order valence-electron chi connectivity index (χ2n) is 3.62. The number of H-pyrrole nitrogens is 1. The number of carbonyl (C=O) groups is 2. The highest BCUT2D eigenvalue weighted by molar-refractivity contribution is 6.13. The van der Waals surface area contributed by atoms with Crippen molar-refractivity contribution in [3.63, 3.8) is 0 Å². The van der Waals surface area contributed by atoms with Gasteiger partial charge in [-0.15, -0.1) is 0 Å². The fourth-order valence-electron chi connectivity index (χ4n) is 1.76. The Kier molecular flexibility index (Phi) is 2.48. The zero-order valence-electron chi connectivity index (χ0n) is 9.15. The normalized spacial score (nSPS) is 10.4. The number of nitrogens with zero attached hydrogens (tertiary/aromatic N) is 1. The molecule has 2 aromatic rings. The van der Waals surface area contributed by atoms with E-state index in [9.17, 15) is 9.59 Å². The van der Waals surface area contributed by atoms with Crippen LogP contribution in [0.4, 0.5) is 5.69 Å².